The molecule has 0 amide bonds. The van der Waals surface area contributed by atoms with Crippen LogP contribution in [0.2, 0.25) is 0 Å². The van der Waals surface area contributed by atoms with Gasteiger partial charge in [-0.2, -0.15) is 0 Å². The van der Waals surface area contributed by atoms with Crippen molar-refractivity contribution < 1.29 is 13.6 Å². The van der Waals surface area contributed by atoms with Crippen LogP contribution in [-0.4, -0.2) is 13.2 Å². The smallest absolute Gasteiger partial charge is 0.307 e. The molecule has 112 valence electrons. The summed E-state index contributed by atoms with van der Waals surface area (Å²) in [6.45, 7) is 4.80. The van der Waals surface area contributed by atoms with E-state index in [0.29, 0.717) is 13.2 Å². The van der Waals surface area contributed by atoms with E-state index in [1.165, 1.54) is 0 Å². The first-order chi connectivity index (χ1) is 9.91. The molecule has 0 aliphatic carbocycles. The van der Waals surface area contributed by atoms with Crippen molar-refractivity contribution in [2.24, 2.45) is 5.41 Å². The van der Waals surface area contributed by atoms with Crippen molar-refractivity contribution in [1.82, 2.24) is 0 Å². The second-order valence-corrected chi connectivity index (χ2v) is 9.01. The minimum Gasteiger partial charge on any atom is -0.307 e. The van der Waals surface area contributed by atoms with E-state index in [-0.39, 0.29) is 5.41 Å². The second kappa shape index (κ2) is 5.40. The van der Waals surface area contributed by atoms with E-state index < -0.39 is 12.7 Å². The number of alkyl halides is 1. The van der Waals surface area contributed by atoms with Gasteiger partial charge in [-0.15, -0.1) is 11.6 Å². The van der Waals surface area contributed by atoms with Crippen LogP contribution in [0.4, 0.5) is 0 Å². The zero-order chi connectivity index (χ0) is 15.1. The summed E-state index contributed by atoms with van der Waals surface area (Å²) < 4.78 is 24.0. The van der Waals surface area contributed by atoms with Crippen molar-refractivity contribution in [2.75, 3.05) is 13.2 Å². The molecule has 2 aromatic rings. The molecule has 3 rings (SSSR count). The molecule has 1 atom stereocenters. The lowest BCUT2D eigenvalue weighted by Gasteiger charge is -2.35. The molecule has 0 spiro atoms. The average molecular weight is 325 g/mol. The van der Waals surface area contributed by atoms with E-state index >= 15 is 0 Å². The number of fused-ring (bicyclic) bond motifs is 1. The Hall–Kier alpha value is -0.860. The van der Waals surface area contributed by atoms with Crippen molar-refractivity contribution in [3.05, 3.63) is 48.0 Å². The predicted octanol–water partition coefficient (Wildman–Crippen LogP) is 5.34. The topological polar surface area (TPSA) is 35.5 Å². The molecule has 1 fully saturated rings. The van der Waals surface area contributed by atoms with E-state index in [9.17, 15) is 4.57 Å². The van der Waals surface area contributed by atoms with Gasteiger partial charge in [0, 0.05) is 5.41 Å². The molecule has 0 N–H and O–H groups in total. The number of benzene rings is 2. The maximum atomic E-state index is 12.9. The summed E-state index contributed by atoms with van der Waals surface area (Å²) >= 11 is 6.49. The van der Waals surface area contributed by atoms with Crippen LogP contribution in [0.25, 0.3) is 10.8 Å². The molecule has 1 aliphatic heterocycles. The fraction of sp³-hybridized carbons (Fsp3) is 0.375. The SMILES string of the molecule is CC1(C)COP(=O)(C(Cl)c2cccc3ccccc23)OC1. The van der Waals surface area contributed by atoms with Crippen LogP contribution in [0, 0.1) is 5.41 Å². The average Bonchev–Trinajstić information content (AvgIpc) is 2.49. The van der Waals surface area contributed by atoms with E-state index in [1.807, 2.05) is 56.3 Å². The van der Waals surface area contributed by atoms with Crippen molar-refractivity contribution in [3.8, 4) is 0 Å². The maximum absolute atomic E-state index is 12.9. The molecule has 0 aromatic heterocycles. The monoisotopic (exact) mass is 324 g/mol. The Morgan fingerprint density at radius 2 is 1.71 bits per heavy atom. The summed E-state index contributed by atoms with van der Waals surface area (Å²) in [6.07, 6.45) is 0. The number of halogens is 1. The van der Waals surface area contributed by atoms with Crippen LogP contribution in [0.3, 0.4) is 0 Å². The van der Waals surface area contributed by atoms with Crippen LogP contribution in [0.1, 0.15) is 24.5 Å². The minimum absolute atomic E-state index is 0.136. The highest BCUT2D eigenvalue weighted by Gasteiger charge is 2.43. The van der Waals surface area contributed by atoms with Crippen molar-refractivity contribution in [3.63, 3.8) is 0 Å². The summed E-state index contributed by atoms with van der Waals surface area (Å²) in [6, 6.07) is 13.7. The molecule has 3 nitrogen and oxygen atoms in total. The Labute approximate surface area is 129 Å². The van der Waals surface area contributed by atoms with Gasteiger partial charge in [0.05, 0.1) is 13.2 Å². The third-order valence-electron chi connectivity index (χ3n) is 3.63. The molecular formula is C16H18ClO3P. The van der Waals surface area contributed by atoms with Crippen molar-refractivity contribution >= 4 is 30.0 Å². The molecule has 5 heteroatoms. The molecule has 1 unspecified atom stereocenters. The van der Waals surface area contributed by atoms with Crippen LogP contribution >= 0.6 is 19.2 Å². The first-order valence-electron chi connectivity index (χ1n) is 6.92. The Kier molecular flexibility index (Phi) is 3.87. The quantitative estimate of drug-likeness (QED) is 0.552. The van der Waals surface area contributed by atoms with Crippen molar-refractivity contribution in [2.45, 2.75) is 19.0 Å². The van der Waals surface area contributed by atoms with Gasteiger partial charge in [0.25, 0.3) is 0 Å². The molecule has 21 heavy (non-hydrogen) atoms. The van der Waals surface area contributed by atoms with Crippen LogP contribution in [-0.2, 0) is 13.6 Å². The fourth-order valence-corrected chi connectivity index (χ4v) is 4.86. The maximum Gasteiger partial charge on any atom is 0.352 e. The summed E-state index contributed by atoms with van der Waals surface area (Å²) in [4.78, 5) is 0. The number of rotatable bonds is 2. The first-order valence-corrected chi connectivity index (χ1v) is 8.97. The highest BCUT2D eigenvalue weighted by molar-refractivity contribution is 7.56. The van der Waals surface area contributed by atoms with Gasteiger partial charge < -0.3 is 9.05 Å². The van der Waals surface area contributed by atoms with Crippen molar-refractivity contribution in [1.29, 1.82) is 0 Å². The van der Waals surface area contributed by atoms with Crippen LogP contribution < -0.4 is 0 Å². The summed E-state index contributed by atoms with van der Waals surface area (Å²) in [5.74, 6) is 0. The minimum atomic E-state index is -3.35. The third-order valence-corrected chi connectivity index (χ3v) is 6.39. The normalized spacial score (nSPS) is 22.0. The molecule has 2 aromatic carbocycles. The number of hydrogen-bond acceptors (Lipinski definition) is 3. The van der Waals surface area contributed by atoms with Gasteiger partial charge in [0.15, 0.2) is 5.12 Å². The summed E-state index contributed by atoms with van der Waals surface area (Å²) in [7, 11) is -3.35. The second-order valence-electron chi connectivity index (χ2n) is 6.16. The lowest BCUT2D eigenvalue weighted by molar-refractivity contribution is 0.0404. The van der Waals surface area contributed by atoms with Gasteiger partial charge in [0.2, 0.25) is 0 Å². The van der Waals surface area contributed by atoms with Crippen LogP contribution in [0.5, 0.6) is 0 Å². The largest absolute Gasteiger partial charge is 0.352 e. The molecule has 1 heterocycles. The summed E-state index contributed by atoms with van der Waals surface area (Å²) in [5.41, 5.74) is 0.654. The lowest BCUT2D eigenvalue weighted by Crippen LogP contribution is -2.30. The highest BCUT2D eigenvalue weighted by Crippen LogP contribution is 2.66. The zero-order valence-corrected chi connectivity index (χ0v) is 13.7. The van der Waals surface area contributed by atoms with E-state index in [1.54, 1.807) is 0 Å². The fourth-order valence-electron chi connectivity index (χ4n) is 2.37. The van der Waals surface area contributed by atoms with Gasteiger partial charge in [-0.05, 0) is 16.3 Å². The Bertz CT molecular complexity index is 694. The molecular weight excluding hydrogens is 307 g/mol. The van der Waals surface area contributed by atoms with E-state index in [2.05, 4.69) is 0 Å². The first kappa shape index (κ1) is 15.1. The summed E-state index contributed by atoms with van der Waals surface area (Å²) in [5, 5.41) is 1.25. The Morgan fingerprint density at radius 3 is 2.43 bits per heavy atom. The highest BCUT2D eigenvalue weighted by atomic mass is 35.5. The third kappa shape index (κ3) is 2.89. The Balaban J connectivity index is 1.98. The van der Waals surface area contributed by atoms with Gasteiger partial charge in [0.1, 0.15) is 0 Å². The van der Waals surface area contributed by atoms with Gasteiger partial charge in [-0.25, -0.2) is 0 Å². The lowest BCUT2D eigenvalue weighted by atomic mass is 9.97. The molecule has 0 radical (unpaired) electrons. The zero-order valence-electron chi connectivity index (χ0n) is 12.1. The standard InChI is InChI=1S/C16H18ClO3P/c1-16(2)10-19-21(18,20-11-16)15(17)14-9-5-7-12-6-3-4-8-13(12)14/h3-9,15H,10-11H2,1-2H3. The van der Waals surface area contributed by atoms with Gasteiger partial charge in [-0.3, -0.25) is 4.57 Å². The molecule has 0 saturated carbocycles. The predicted molar refractivity (Wildman–Crippen MR) is 85.8 cm³/mol. The molecule has 0 bridgehead atoms. The molecule has 1 saturated heterocycles. The Morgan fingerprint density at radius 1 is 1.10 bits per heavy atom. The van der Waals surface area contributed by atoms with E-state index in [4.69, 9.17) is 20.6 Å². The van der Waals surface area contributed by atoms with E-state index in [0.717, 1.165) is 16.3 Å². The number of hydrogen-bond donors (Lipinski definition) is 0. The molecule has 1 aliphatic rings. The van der Waals surface area contributed by atoms with Crippen LogP contribution in [0.15, 0.2) is 42.5 Å². The van der Waals surface area contributed by atoms with Gasteiger partial charge >= 0.3 is 7.60 Å². The van der Waals surface area contributed by atoms with Gasteiger partial charge in [-0.1, -0.05) is 56.3 Å².